The minimum atomic E-state index is -0.287. The maximum Gasteiger partial charge on any atom is 0.257 e. The van der Waals surface area contributed by atoms with Gasteiger partial charge in [0.25, 0.3) is 5.91 Å². The van der Waals surface area contributed by atoms with Gasteiger partial charge in [-0.3, -0.25) is 9.36 Å². The number of nitrogens with one attached hydrogen (secondary N) is 1. The van der Waals surface area contributed by atoms with E-state index in [-0.39, 0.29) is 11.7 Å². The molecular formula is C21H19Cl2N5O. The van der Waals surface area contributed by atoms with E-state index in [9.17, 15) is 4.79 Å². The van der Waals surface area contributed by atoms with Crippen LogP contribution in [0.2, 0.25) is 10.0 Å². The number of aromatic nitrogens is 3. The van der Waals surface area contributed by atoms with Crippen LogP contribution in [-0.4, -0.2) is 27.0 Å². The molecule has 0 aliphatic heterocycles. The van der Waals surface area contributed by atoms with Crippen LogP contribution in [0.3, 0.4) is 0 Å². The number of benzene rings is 2. The first-order valence-electron chi connectivity index (χ1n) is 9.17. The number of para-hydroxylation sites is 2. The summed E-state index contributed by atoms with van der Waals surface area (Å²) in [6.45, 7) is 4.57. The zero-order valence-corrected chi connectivity index (χ0v) is 17.4. The van der Waals surface area contributed by atoms with Crippen LogP contribution in [-0.2, 0) is 0 Å². The standard InChI is InChI=1S/C21H19Cl2N5O/c1-11(2)10-25-21(29)17-18-20(27-16-6-4-3-5-15(16)26-18)28(19(17)24)12-7-8-13(22)14(23)9-12/h3-9,11H,10,24H2,1-2H3,(H,25,29). The summed E-state index contributed by atoms with van der Waals surface area (Å²) < 4.78 is 1.68. The molecule has 4 aromatic rings. The molecule has 0 aliphatic carbocycles. The van der Waals surface area contributed by atoms with Crippen molar-refractivity contribution in [3.63, 3.8) is 0 Å². The van der Waals surface area contributed by atoms with Gasteiger partial charge in [-0.1, -0.05) is 49.2 Å². The van der Waals surface area contributed by atoms with Gasteiger partial charge in [-0.05, 0) is 36.2 Å². The third kappa shape index (κ3) is 3.50. The highest BCUT2D eigenvalue weighted by Gasteiger charge is 2.25. The molecule has 0 saturated carbocycles. The van der Waals surface area contributed by atoms with Crippen molar-refractivity contribution in [1.82, 2.24) is 19.9 Å². The average Bonchev–Trinajstić information content (AvgIpc) is 2.97. The molecule has 6 nitrogen and oxygen atoms in total. The van der Waals surface area contributed by atoms with E-state index in [4.69, 9.17) is 33.9 Å². The maximum absolute atomic E-state index is 13.0. The summed E-state index contributed by atoms with van der Waals surface area (Å²) in [5.41, 5.74) is 9.70. The fourth-order valence-electron chi connectivity index (χ4n) is 3.16. The second-order valence-electron chi connectivity index (χ2n) is 7.18. The van der Waals surface area contributed by atoms with Crippen molar-refractivity contribution in [2.24, 2.45) is 5.92 Å². The van der Waals surface area contributed by atoms with E-state index in [0.717, 1.165) is 0 Å². The van der Waals surface area contributed by atoms with Crippen LogP contribution in [0.15, 0.2) is 42.5 Å². The van der Waals surface area contributed by atoms with Crippen molar-refractivity contribution in [3.8, 4) is 5.69 Å². The Morgan fingerprint density at radius 3 is 2.45 bits per heavy atom. The fraction of sp³-hybridized carbons (Fsp3) is 0.190. The minimum Gasteiger partial charge on any atom is -0.384 e. The van der Waals surface area contributed by atoms with Crippen molar-refractivity contribution >= 4 is 57.1 Å². The van der Waals surface area contributed by atoms with Gasteiger partial charge in [0.2, 0.25) is 0 Å². The second kappa shape index (κ2) is 7.54. The molecule has 148 valence electrons. The van der Waals surface area contributed by atoms with E-state index in [1.807, 2.05) is 38.1 Å². The molecule has 0 aliphatic rings. The number of nitrogens with two attached hydrogens (primary N) is 1. The number of nitrogen functional groups attached to an aromatic ring is 1. The number of amides is 1. The lowest BCUT2D eigenvalue weighted by Gasteiger charge is -2.10. The molecule has 0 unspecified atom stereocenters. The van der Waals surface area contributed by atoms with Gasteiger partial charge >= 0.3 is 0 Å². The maximum atomic E-state index is 13.0. The lowest BCUT2D eigenvalue weighted by Crippen LogP contribution is -2.28. The Morgan fingerprint density at radius 2 is 1.79 bits per heavy atom. The van der Waals surface area contributed by atoms with Crippen molar-refractivity contribution in [2.45, 2.75) is 13.8 Å². The third-order valence-corrected chi connectivity index (χ3v) is 5.30. The normalized spacial score (nSPS) is 11.5. The largest absolute Gasteiger partial charge is 0.384 e. The van der Waals surface area contributed by atoms with Gasteiger partial charge in [-0.15, -0.1) is 0 Å². The number of halogens is 2. The van der Waals surface area contributed by atoms with Crippen molar-refractivity contribution < 1.29 is 4.79 Å². The summed E-state index contributed by atoms with van der Waals surface area (Å²) in [5, 5.41) is 3.72. The topological polar surface area (TPSA) is 85.8 Å². The minimum absolute atomic E-state index is 0.245. The smallest absolute Gasteiger partial charge is 0.257 e. The molecule has 2 heterocycles. The van der Waals surface area contributed by atoms with Crippen molar-refractivity contribution in [3.05, 3.63) is 58.1 Å². The summed E-state index contributed by atoms with van der Waals surface area (Å²) >= 11 is 12.3. The zero-order valence-electron chi connectivity index (χ0n) is 15.9. The average molecular weight is 428 g/mol. The van der Waals surface area contributed by atoms with Gasteiger partial charge in [0.1, 0.15) is 16.9 Å². The van der Waals surface area contributed by atoms with Crippen molar-refractivity contribution in [1.29, 1.82) is 0 Å². The number of hydrogen-bond acceptors (Lipinski definition) is 4. The number of carbonyl (C=O) groups is 1. The fourth-order valence-corrected chi connectivity index (χ4v) is 3.45. The molecular weight excluding hydrogens is 409 g/mol. The Labute approximate surface area is 177 Å². The Balaban J connectivity index is 2.01. The number of nitrogens with zero attached hydrogens (tertiary/aromatic N) is 3. The van der Waals surface area contributed by atoms with E-state index >= 15 is 0 Å². The molecule has 1 amide bonds. The molecule has 0 bridgehead atoms. The highest BCUT2D eigenvalue weighted by molar-refractivity contribution is 6.42. The molecule has 0 saturated heterocycles. The highest BCUT2D eigenvalue weighted by Crippen LogP contribution is 2.33. The molecule has 0 atom stereocenters. The van der Waals surface area contributed by atoms with Gasteiger partial charge in [0.05, 0.1) is 26.8 Å². The van der Waals surface area contributed by atoms with Crippen LogP contribution < -0.4 is 11.1 Å². The molecule has 2 aromatic carbocycles. The number of fused-ring (bicyclic) bond motifs is 2. The second-order valence-corrected chi connectivity index (χ2v) is 8.00. The van der Waals surface area contributed by atoms with Gasteiger partial charge in [-0.2, -0.15) is 0 Å². The van der Waals surface area contributed by atoms with Crippen LogP contribution in [0, 0.1) is 5.92 Å². The Hall–Kier alpha value is -2.83. The van der Waals surface area contributed by atoms with Crippen LogP contribution in [0.1, 0.15) is 24.2 Å². The summed E-state index contributed by atoms with van der Waals surface area (Å²) in [6, 6.07) is 12.6. The van der Waals surface area contributed by atoms with E-state index in [2.05, 4.69) is 10.3 Å². The number of hydrogen-bond donors (Lipinski definition) is 2. The van der Waals surface area contributed by atoms with E-state index < -0.39 is 0 Å². The summed E-state index contributed by atoms with van der Waals surface area (Å²) in [4.78, 5) is 22.4. The molecule has 2 aromatic heterocycles. The lowest BCUT2D eigenvalue weighted by atomic mass is 10.2. The monoisotopic (exact) mass is 427 g/mol. The van der Waals surface area contributed by atoms with Gasteiger partial charge < -0.3 is 11.1 Å². The van der Waals surface area contributed by atoms with Crippen LogP contribution in [0.5, 0.6) is 0 Å². The van der Waals surface area contributed by atoms with Crippen molar-refractivity contribution in [2.75, 3.05) is 12.3 Å². The number of rotatable bonds is 4. The molecule has 0 radical (unpaired) electrons. The van der Waals surface area contributed by atoms with Crippen LogP contribution >= 0.6 is 23.2 Å². The van der Waals surface area contributed by atoms with Crippen LogP contribution in [0.25, 0.3) is 27.9 Å². The zero-order chi connectivity index (χ0) is 20.7. The van der Waals surface area contributed by atoms with Gasteiger partial charge in [0, 0.05) is 6.54 Å². The molecule has 3 N–H and O–H groups in total. The first-order chi connectivity index (χ1) is 13.9. The quantitative estimate of drug-likeness (QED) is 0.487. The van der Waals surface area contributed by atoms with E-state index in [1.165, 1.54) is 0 Å². The first kappa shape index (κ1) is 19.5. The molecule has 4 rings (SSSR count). The highest BCUT2D eigenvalue weighted by atomic mass is 35.5. The Kier molecular flexibility index (Phi) is 5.06. The predicted octanol–water partition coefficient (Wildman–Crippen LogP) is 4.85. The van der Waals surface area contributed by atoms with E-state index in [1.54, 1.807) is 22.8 Å². The van der Waals surface area contributed by atoms with Crippen LogP contribution in [0.4, 0.5) is 5.82 Å². The Bertz CT molecular complexity index is 1250. The summed E-state index contributed by atoms with van der Waals surface area (Å²) in [6.07, 6.45) is 0. The predicted molar refractivity (Wildman–Crippen MR) is 118 cm³/mol. The molecule has 0 fully saturated rings. The molecule has 8 heteroatoms. The SMILES string of the molecule is CC(C)CNC(=O)c1c(N)n(-c2ccc(Cl)c(Cl)c2)c2nc3ccccc3nc12. The molecule has 29 heavy (non-hydrogen) atoms. The summed E-state index contributed by atoms with van der Waals surface area (Å²) in [5.74, 6) is 0.259. The number of carbonyl (C=O) groups excluding carboxylic acids is 1. The van der Waals surface area contributed by atoms with Gasteiger partial charge in [-0.25, -0.2) is 9.97 Å². The van der Waals surface area contributed by atoms with Gasteiger partial charge in [0.15, 0.2) is 5.65 Å². The first-order valence-corrected chi connectivity index (χ1v) is 9.92. The lowest BCUT2D eigenvalue weighted by molar-refractivity contribution is 0.0951. The molecule has 0 spiro atoms. The van der Waals surface area contributed by atoms with E-state index in [0.29, 0.717) is 56.0 Å². The Morgan fingerprint density at radius 1 is 1.10 bits per heavy atom. The third-order valence-electron chi connectivity index (χ3n) is 4.56. The summed E-state index contributed by atoms with van der Waals surface area (Å²) in [7, 11) is 0. The number of anilines is 1.